The lowest BCUT2D eigenvalue weighted by atomic mass is 9.63. The van der Waals surface area contributed by atoms with Gasteiger partial charge in [0.2, 0.25) is 0 Å². The molecule has 2 unspecified atom stereocenters. The Hall–Kier alpha value is -7.42. The van der Waals surface area contributed by atoms with Crippen LogP contribution in [-0.2, 0) is 5.41 Å². The minimum absolute atomic E-state index is 0.0392. The number of anilines is 2. The van der Waals surface area contributed by atoms with E-state index < -0.39 is 17.3 Å². The monoisotopic (exact) mass is 756 g/mol. The van der Waals surface area contributed by atoms with Gasteiger partial charge >= 0.3 is 0 Å². The van der Waals surface area contributed by atoms with Gasteiger partial charge in [0.15, 0.2) is 0 Å². The highest BCUT2D eigenvalue weighted by molar-refractivity contribution is 6.14. The van der Waals surface area contributed by atoms with E-state index >= 15 is 0 Å². The van der Waals surface area contributed by atoms with E-state index in [1.165, 1.54) is 21.5 Å². The maximum absolute atomic E-state index is 10.7. The summed E-state index contributed by atoms with van der Waals surface area (Å²) in [5.41, 5.74) is 8.98. The minimum Gasteiger partial charge on any atom is -0.456 e. The topological polar surface area (TPSA) is 16.4 Å². The molecule has 0 bridgehead atoms. The van der Waals surface area contributed by atoms with Crippen LogP contribution in [0, 0.1) is 5.92 Å². The van der Waals surface area contributed by atoms with Gasteiger partial charge in [-0.3, -0.25) is 0 Å². The van der Waals surface area contributed by atoms with Gasteiger partial charge in [0.25, 0.3) is 0 Å². The van der Waals surface area contributed by atoms with Gasteiger partial charge < -0.3 is 9.32 Å². The summed E-state index contributed by atoms with van der Waals surface area (Å²) in [5, 5.41) is 6.61. The number of nitrogens with zero attached hydrogens (tertiary/aromatic N) is 1. The molecule has 10 aromatic rings. The van der Waals surface area contributed by atoms with E-state index in [2.05, 4.69) is 163 Å². The first-order valence-corrected chi connectivity index (χ1v) is 20.3. The predicted octanol–water partition coefficient (Wildman–Crippen LogP) is 14.9. The lowest BCUT2D eigenvalue weighted by molar-refractivity contribution is 0.454. The molecular formula is C57H39NO. The number of fused-ring (bicyclic) bond motifs is 9. The van der Waals surface area contributed by atoms with Gasteiger partial charge in [-0.05, 0) is 97.4 Å². The molecule has 0 aliphatic heterocycles. The smallest absolute Gasteiger partial charge is 0.137 e. The zero-order valence-corrected chi connectivity index (χ0v) is 32.1. The van der Waals surface area contributed by atoms with Crippen molar-refractivity contribution < 1.29 is 8.53 Å². The highest BCUT2D eigenvalue weighted by Gasteiger charge is 2.53. The molecule has 0 spiro atoms. The standard InChI is InChI=1S/C57H39NO/c1-3-17-40(18-4-1)57(41-19-5-2-6-20-41)51-26-13-11-24-47(51)48-35-34-43(37-52(48)57)58(53-27-15-29-55-56(53)49-25-12-14-28-54(49)59-55)42-32-30-38(31-33-42)50-36-39-16-7-8-21-44(39)45-22-9-10-23-46(45)50/h1-37,48,52H/i34D,35D,37D. The molecule has 2 heteroatoms. The van der Waals surface area contributed by atoms with Crippen molar-refractivity contribution in [3.05, 3.63) is 252 Å². The van der Waals surface area contributed by atoms with Crippen molar-refractivity contribution >= 4 is 54.9 Å². The Morgan fingerprint density at radius 1 is 0.525 bits per heavy atom. The van der Waals surface area contributed by atoms with Crippen LogP contribution in [-0.4, -0.2) is 0 Å². The molecule has 0 N–H and O–H groups in total. The summed E-state index contributed by atoms with van der Waals surface area (Å²) in [6, 6.07) is 71.9. The number of para-hydroxylation sites is 1. The Morgan fingerprint density at radius 2 is 1.15 bits per heavy atom. The summed E-state index contributed by atoms with van der Waals surface area (Å²) < 4.78 is 37.3. The average Bonchev–Trinajstić information content (AvgIpc) is 3.88. The van der Waals surface area contributed by atoms with Crippen LogP contribution in [0.1, 0.15) is 32.3 Å². The first kappa shape index (κ1) is 30.7. The van der Waals surface area contributed by atoms with Crippen LogP contribution < -0.4 is 4.90 Å². The zero-order chi connectivity index (χ0) is 41.5. The summed E-state index contributed by atoms with van der Waals surface area (Å²) in [6.07, 6.45) is 0. The first-order chi connectivity index (χ1) is 30.5. The van der Waals surface area contributed by atoms with Crippen molar-refractivity contribution in [2.24, 2.45) is 5.92 Å². The van der Waals surface area contributed by atoms with Crippen molar-refractivity contribution in [2.75, 3.05) is 4.90 Å². The molecule has 1 heterocycles. The van der Waals surface area contributed by atoms with E-state index in [9.17, 15) is 4.11 Å². The summed E-state index contributed by atoms with van der Waals surface area (Å²) in [4.78, 5) is 2.06. The fourth-order valence-corrected chi connectivity index (χ4v) is 10.2. The lowest BCUT2D eigenvalue weighted by Crippen LogP contribution is -2.36. The molecule has 59 heavy (non-hydrogen) atoms. The fourth-order valence-electron chi connectivity index (χ4n) is 10.2. The molecule has 0 saturated heterocycles. The molecule has 278 valence electrons. The molecule has 1 aromatic heterocycles. The molecule has 2 aliphatic rings. The molecule has 0 radical (unpaired) electrons. The normalized spacial score (nSPS) is 17.9. The second kappa shape index (κ2) is 13.3. The number of hydrogen-bond donors (Lipinski definition) is 0. The number of allylic oxidation sites excluding steroid dienone is 3. The van der Waals surface area contributed by atoms with Gasteiger partial charge in [-0.1, -0.05) is 182 Å². The van der Waals surface area contributed by atoms with E-state index in [0.29, 0.717) is 17.3 Å². The third-order valence-corrected chi connectivity index (χ3v) is 12.7. The van der Waals surface area contributed by atoms with Gasteiger partial charge in [-0.2, -0.15) is 0 Å². The quantitative estimate of drug-likeness (QED) is 0.157. The molecule has 12 rings (SSSR count). The number of furan rings is 1. The maximum Gasteiger partial charge on any atom is 0.137 e. The van der Waals surface area contributed by atoms with E-state index in [-0.39, 0.29) is 12.1 Å². The number of benzene rings is 9. The molecule has 0 amide bonds. The van der Waals surface area contributed by atoms with Crippen molar-refractivity contribution in [3.8, 4) is 11.1 Å². The van der Waals surface area contributed by atoms with E-state index in [0.717, 1.165) is 61.1 Å². The fraction of sp³-hybridized carbons (Fsp3) is 0.0526. The summed E-state index contributed by atoms with van der Waals surface area (Å²) in [6.45, 7) is 0. The highest BCUT2D eigenvalue weighted by Crippen LogP contribution is 2.60. The van der Waals surface area contributed by atoms with Crippen LogP contribution in [0.3, 0.4) is 0 Å². The van der Waals surface area contributed by atoms with Crippen LogP contribution in [0.15, 0.2) is 235 Å². The van der Waals surface area contributed by atoms with Crippen molar-refractivity contribution in [1.82, 2.24) is 0 Å². The predicted molar refractivity (Wildman–Crippen MR) is 245 cm³/mol. The Balaban J connectivity index is 1.14. The Morgan fingerprint density at radius 3 is 1.93 bits per heavy atom. The maximum atomic E-state index is 10.7. The Labute approximate surface area is 347 Å². The molecule has 2 atom stereocenters. The van der Waals surface area contributed by atoms with Crippen LogP contribution in [0.5, 0.6) is 0 Å². The molecule has 9 aromatic carbocycles. The largest absolute Gasteiger partial charge is 0.456 e. The lowest BCUT2D eigenvalue weighted by Gasteiger charge is -2.40. The third-order valence-electron chi connectivity index (χ3n) is 12.7. The molecular weight excluding hydrogens is 715 g/mol. The highest BCUT2D eigenvalue weighted by atomic mass is 16.3. The number of rotatable bonds is 6. The molecule has 0 fully saturated rings. The van der Waals surface area contributed by atoms with Crippen molar-refractivity contribution in [1.29, 1.82) is 0 Å². The minimum atomic E-state index is -0.819. The summed E-state index contributed by atoms with van der Waals surface area (Å²) in [5.74, 6) is -1.04. The van der Waals surface area contributed by atoms with E-state index in [4.69, 9.17) is 4.42 Å². The van der Waals surface area contributed by atoms with Crippen LogP contribution in [0.4, 0.5) is 11.4 Å². The van der Waals surface area contributed by atoms with Gasteiger partial charge in [0.05, 0.1) is 20.6 Å². The van der Waals surface area contributed by atoms with Crippen LogP contribution >= 0.6 is 0 Å². The third kappa shape index (κ3) is 5.06. The SMILES string of the molecule is [2H]C1=C([2H])C2c3ccccc3C(c3ccccc3)(c3ccccc3)C2C([2H])=C1N(c1ccc(-c2cc3ccccc3c3ccccc23)cc1)c1cccc2oc3ccccc3c12. The number of hydrogen-bond acceptors (Lipinski definition) is 2. The van der Waals surface area contributed by atoms with Gasteiger partial charge in [-0.25, -0.2) is 0 Å². The summed E-state index contributed by atoms with van der Waals surface area (Å²) in [7, 11) is 0. The van der Waals surface area contributed by atoms with Crippen molar-refractivity contribution in [2.45, 2.75) is 11.3 Å². The van der Waals surface area contributed by atoms with Gasteiger partial charge in [-0.15, -0.1) is 0 Å². The average molecular weight is 757 g/mol. The molecule has 2 nitrogen and oxygen atoms in total. The Kier molecular flexibility index (Phi) is 6.93. The van der Waals surface area contributed by atoms with E-state index in [1.807, 2.05) is 48.5 Å². The van der Waals surface area contributed by atoms with Gasteiger partial charge in [0, 0.05) is 28.6 Å². The van der Waals surface area contributed by atoms with Crippen molar-refractivity contribution in [3.63, 3.8) is 0 Å². The molecule has 0 saturated carbocycles. The van der Waals surface area contributed by atoms with Crippen LogP contribution in [0.2, 0.25) is 0 Å². The Bertz CT molecular complexity index is 3420. The van der Waals surface area contributed by atoms with Crippen LogP contribution in [0.25, 0.3) is 54.6 Å². The molecule has 2 aliphatic carbocycles. The first-order valence-electron chi connectivity index (χ1n) is 21.8. The summed E-state index contributed by atoms with van der Waals surface area (Å²) >= 11 is 0. The van der Waals surface area contributed by atoms with Gasteiger partial charge in [0.1, 0.15) is 11.2 Å². The second-order valence-electron chi connectivity index (χ2n) is 15.7. The zero-order valence-electron chi connectivity index (χ0n) is 35.1. The van der Waals surface area contributed by atoms with E-state index in [1.54, 1.807) is 0 Å². The second-order valence-corrected chi connectivity index (χ2v) is 15.7.